The van der Waals surface area contributed by atoms with E-state index in [0.717, 1.165) is 27.7 Å². The maximum absolute atomic E-state index is 11.0. The molecule has 1 aliphatic heterocycles. The van der Waals surface area contributed by atoms with Crippen molar-refractivity contribution in [1.82, 2.24) is 4.98 Å². The van der Waals surface area contributed by atoms with E-state index in [0.29, 0.717) is 29.0 Å². The van der Waals surface area contributed by atoms with Crippen molar-refractivity contribution >= 4 is 16.6 Å². The third kappa shape index (κ3) is 2.39. The molecule has 1 aromatic heterocycles. The number of ether oxygens (including phenoxy) is 1. The minimum atomic E-state index is -0.904. The Balaban J connectivity index is 1.79. The number of aliphatic hydroxyl groups is 1. The number of hydrogen-bond acceptors (Lipinski definition) is 4. The number of nitriles is 1. The maximum Gasteiger partial charge on any atom is 0.126 e. The number of aliphatic imine (C=N–C) groups is 1. The van der Waals surface area contributed by atoms with Gasteiger partial charge in [0.1, 0.15) is 11.9 Å². The third-order valence-corrected chi connectivity index (χ3v) is 4.69. The van der Waals surface area contributed by atoms with Gasteiger partial charge in [-0.3, -0.25) is 4.99 Å². The number of H-pyrrole nitrogens is 1. The van der Waals surface area contributed by atoms with Crippen LogP contribution in [0.1, 0.15) is 23.7 Å². The Morgan fingerprint density at radius 1 is 1.40 bits per heavy atom. The van der Waals surface area contributed by atoms with Gasteiger partial charge in [-0.25, -0.2) is 0 Å². The zero-order valence-electron chi connectivity index (χ0n) is 14.0. The van der Waals surface area contributed by atoms with Gasteiger partial charge in [0.25, 0.3) is 0 Å². The van der Waals surface area contributed by atoms with Gasteiger partial charge in [0.2, 0.25) is 0 Å². The summed E-state index contributed by atoms with van der Waals surface area (Å²) < 4.78 is 5.52. The van der Waals surface area contributed by atoms with Crippen LogP contribution in [0.5, 0.6) is 5.75 Å². The van der Waals surface area contributed by atoms with Gasteiger partial charge in [-0.15, -0.1) is 0 Å². The second kappa shape index (κ2) is 5.76. The molecule has 0 radical (unpaired) electrons. The summed E-state index contributed by atoms with van der Waals surface area (Å²) in [5.41, 5.74) is 5.77. The fourth-order valence-electron chi connectivity index (χ4n) is 3.44. The molecule has 1 atom stereocenters. The lowest BCUT2D eigenvalue weighted by Gasteiger charge is -2.16. The van der Waals surface area contributed by atoms with E-state index in [1.807, 2.05) is 37.4 Å². The summed E-state index contributed by atoms with van der Waals surface area (Å²) in [6.45, 7) is 2.00. The minimum absolute atomic E-state index is 0.548. The molecule has 0 saturated heterocycles. The monoisotopic (exact) mass is 331 g/mol. The zero-order valence-corrected chi connectivity index (χ0v) is 14.0. The molecule has 124 valence electrons. The number of aliphatic hydroxyl groups excluding tert-OH is 1. The lowest BCUT2D eigenvalue weighted by atomic mass is 9.95. The van der Waals surface area contributed by atoms with Crippen LogP contribution in [0.2, 0.25) is 0 Å². The predicted octanol–water partition coefficient (Wildman–Crippen LogP) is 3.64. The number of aryl methyl sites for hydroxylation is 1. The van der Waals surface area contributed by atoms with Gasteiger partial charge >= 0.3 is 0 Å². The molecule has 0 saturated carbocycles. The summed E-state index contributed by atoms with van der Waals surface area (Å²) in [6.07, 6.45) is 6.98. The Bertz CT molecular complexity index is 1040. The lowest BCUT2D eigenvalue weighted by molar-refractivity contribution is 0.244. The van der Waals surface area contributed by atoms with Gasteiger partial charge < -0.3 is 14.8 Å². The molecule has 0 spiro atoms. The molecule has 1 aromatic carbocycles. The number of nitrogens with zero attached hydrogens (tertiary/aromatic N) is 2. The fourth-order valence-corrected chi connectivity index (χ4v) is 3.44. The number of rotatable bonds is 3. The Kier molecular flexibility index (Phi) is 3.56. The normalized spacial score (nSPS) is 17.2. The van der Waals surface area contributed by atoms with Gasteiger partial charge in [0, 0.05) is 34.7 Å². The largest absolute Gasteiger partial charge is 0.496 e. The molecule has 5 nitrogen and oxygen atoms in total. The van der Waals surface area contributed by atoms with Crippen LogP contribution in [0, 0.1) is 18.3 Å². The number of aromatic nitrogens is 1. The number of allylic oxidation sites excluding steroid dienone is 4. The number of methoxy groups -OCH3 is 1. The molecule has 5 heteroatoms. The van der Waals surface area contributed by atoms with Crippen LogP contribution < -0.4 is 4.74 Å². The lowest BCUT2D eigenvalue weighted by Crippen LogP contribution is -2.10. The molecule has 4 rings (SSSR count). The highest BCUT2D eigenvalue weighted by atomic mass is 16.5. The average Bonchev–Trinajstić information content (AvgIpc) is 3.27. The van der Waals surface area contributed by atoms with Crippen LogP contribution in [0.3, 0.4) is 0 Å². The molecule has 2 aliphatic rings. The smallest absolute Gasteiger partial charge is 0.126 e. The van der Waals surface area contributed by atoms with Crippen LogP contribution in [0.25, 0.3) is 10.9 Å². The first-order chi connectivity index (χ1) is 12.1. The Hall–Kier alpha value is -3.10. The van der Waals surface area contributed by atoms with Crippen molar-refractivity contribution in [3.63, 3.8) is 0 Å². The average molecular weight is 331 g/mol. The van der Waals surface area contributed by atoms with Crippen LogP contribution >= 0.6 is 0 Å². The van der Waals surface area contributed by atoms with Crippen LogP contribution in [0.15, 0.2) is 58.4 Å². The molecule has 25 heavy (non-hydrogen) atoms. The molecule has 2 aromatic rings. The fraction of sp³-hybridized carbons (Fsp3) is 0.200. The molecule has 1 unspecified atom stereocenters. The zero-order chi connectivity index (χ0) is 17.6. The van der Waals surface area contributed by atoms with Crippen molar-refractivity contribution in [2.45, 2.75) is 19.4 Å². The van der Waals surface area contributed by atoms with Gasteiger partial charge in [-0.1, -0.05) is 0 Å². The molecule has 2 heterocycles. The second-order valence-corrected chi connectivity index (χ2v) is 6.22. The van der Waals surface area contributed by atoms with Gasteiger partial charge in [0.15, 0.2) is 0 Å². The Morgan fingerprint density at radius 3 is 3.00 bits per heavy atom. The van der Waals surface area contributed by atoms with Gasteiger partial charge in [-0.2, -0.15) is 5.26 Å². The third-order valence-electron chi connectivity index (χ3n) is 4.69. The number of hydrogen-bond donors (Lipinski definition) is 2. The van der Waals surface area contributed by atoms with Crippen molar-refractivity contribution in [2.75, 3.05) is 7.11 Å². The van der Waals surface area contributed by atoms with E-state index in [4.69, 9.17) is 10.00 Å². The standard InChI is InChI=1S/C20H17N3O2/c1-11-7-17(25-2)18(14-5-6-22-19(11)14)20(24)16-9-13-8-12(10-21)3-4-15(13)23-16/h3-7,9,20,22,24H,8H2,1-2H3. The summed E-state index contributed by atoms with van der Waals surface area (Å²) in [4.78, 5) is 7.77. The van der Waals surface area contributed by atoms with Crippen molar-refractivity contribution in [3.8, 4) is 11.8 Å². The van der Waals surface area contributed by atoms with Crippen LogP contribution in [0.4, 0.5) is 0 Å². The summed E-state index contributed by atoms with van der Waals surface area (Å²) >= 11 is 0. The van der Waals surface area contributed by atoms with Crippen molar-refractivity contribution in [2.24, 2.45) is 4.99 Å². The van der Waals surface area contributed by atoms with E-state index < -0.39 is 6.10 Å². The SMILES string of the molecule is COc1cc(C)c2[nH]ccc2c1C(O)C1=NC2=CC=C(C#N)CC2=C1. The highest BCUT2D eigenvalue weighted by Gasteiger charge is 2.27. The van der Waals surface area contributed by atoms with Gasteiger partial charge in [0.05, 0.1) is 24.6 Å². The Morgan fingerprint density at radius 2 is 2.24 bits per heavy atom. The first kappa shape index (κ1) is 15.4. The van der Waals surface area contributed by atoms with Crippen molar-refractivity contribution < 1.29 is 9.84 Å². The molecule has 2 N–H and O–H groups in total. The number of nitrogens with one attached hydrogen (secondary N) is 1. The molecule has 0 amide bonds. The van der Waals surface area contributed by atoms with E-state index >= 15 is 0 Å². The molecule has 0 fully saturated rings. The number of fused-ring (bicyclic) bond motifs is 2. The molecule has 1 aliphatic carbocycles. The predicted molar refractivity (Wildman–Crippen MR) is 96.5 cm³/mol. The first-order valence-electron chi connectivity index (χ1n) is 8.05. The highest BCUT2D eigenvalue weighted by molar-refractivity contribution is 6.06. The highest BCUT2D eigenvalue weighted by Crippen LogP contribution is 2.38. The van der Waals surface area contributed by atoms with E-state index in [9.17, 15) is 5.11 Å². The minimum Gasteiger partial charge on any atom is -0.496 e. The molecular weight excluding hydrogens is 314 g/mol. The van der Waals surface area contributed by atoms with Gasteiger partial charge in [-0.05, 0) is 48.4 Å². The number of aromatic amines is 1. The van der Waals surface area contributed by atoms with E-state index in [1.165, 1.54) is 0 Å². The maximum atomic E-state index is 11.0. The van der Waals surface area contributed by atoms with Crippen LogP contribution in [-0.4, -0.2) is 22.9 Å². The molecule has 0 bridgehead atoms. The van der Waals surface area contributed by atoms with E-state index in [-0.39, 0.29) is 0 Å². The summed E-state index contributed by atoms with van der Waals surface area (Å²) in [7, 11) is 1.60. The summed E-state index contributed by atoms with van der Waals surface area (Å²) in [6, 6.07) is 6.03. The van der Waals surface area contributed by atoms with Crippen molar-refractivity contribution in [3.05, 3.63) is 64.5 Å². The Labute approximate surface area is 145 Å². The summed E-state index contributed by atoms with van der Waals surface area (Å²) in [5.74, 6) is 0.637. The first-order valence-corrected chi connectivity index (χ1v) is 8.05. The van der Waals surface area contributed by atoms with Crippen molar-refractivity contribution in [1.29, 1.82) is 5.26 Å². The summed E-state index contributed by atoms with van der Waals surface area (Å²) in [5, 5.41) is 21.0. The number of benzene rings is 1. The molecular formula is C20H17N3O2. The quantitative estimate of drug-likeness (QED) is 0.901. The van der Waals surface area contributed by atoms with E-state index in [2.05, 4.69) is 16.0 Å². The second-order valence-electron chi connectivity index (χ2n) is 6.22. The van der Waals surface area contributed by atoms with E-state index in [1.54, 1.807) is 13.2 Å². The van der Waals surface area contributed by atoms with Crippen LogP contribution in [-0.2, 0) is 0 Å². The topological polar surface area (TPSA) is 81.4 Å².